The van der Waals surface area contributed by atoms with E-state index in [4.69, 9.17) is 9.97 Å². The maximum absolute atomic E-state index is 11.3. The van der Waals surface area contributed by atoms with Crippen LogP contribution in [0.25, 0.3) is 33.5 Å². The van der Waals surface area contributed by atoms with Gasteiger partial charge in [-0.3, -0.25) is 0 Å². The Bertz CT molecular complexity index is 1120. The second kappa shape index (κ2) is 6.97. The second-order valence-corrected chi connectivity index (χ2v) is 6.15. The summed E-state index contributed by atoms with van der Waals surface area (Å²) in [5.74, 6) is -1.00. The fourth-order valence-electron chi connectivity index (χ4n) is 2.95. The minimum absolute atomic E-state index is 0.0306. The zero-order valence-corrected chi connectivity index (χ0v) is 14.3. The first-order valence-corrected chi connectivity index (χ1v) is 8.46. The zero-order valence-electron chi connectivity index (χ0n) is 14.3. The van der Waals surface area contributed by atoms with Crippen molar-refractivity contribution in [2.24, 2.45) is 0 Å². The summed E-state index contributed by atoms with van der Waals surface area (Å²) < 4.78 is 0. The average molecular weight is 356 g/mol. The number of carbonyl (C=O) groups is 1. The lowest BCUT2D eigenvalue weighted by atomic mass is 10.0. The number of nitrogens with zero attached hydrogens (tertiary/aromatic N) is 2. The lowest BCUT2D eigenvalue weighted by Gasteiger charge is -2.11. The minimum atomic E-state index is -1.00. The summed E-state index contributed by atoms with van der Waals surface area (Å²) >= 11 is 0. The molecule has 0 bridgehead atoms. The van der Waals surface area contributed by atoms with Crippen molar-refractivity contribution in [2.75, 3.05) is 0 Å². The summed E-state index contributed by atoms with van der Waals surface area (Å²) in [5, 5.41) is 18.5. The number of aromatic carboxylic acids is 1. The molecule has 0 aliphatic carbocycles. The highest BCUT2D eigenvalue weighted by molar-refractivity contribution is 5.94. The molecule has 4 aromatic rings. The molecule has 27 heavy (non-hydrogen) atoms. The largest absolute Gasteiger partial charge is 0.478 e. The Morgan fingerprint density at radius 3 is 2.04 bits per heavy atom. The van der Waals surface area contributed by atoms with E-state index in [0.29, 0.717) is 16.7 Å². The highest BCUT2D eigenvalue weighted by Gasteiger charge is 2.14. The van der Waals surface area contributed by atoms with Crippen LogP contribution in [0.1, 0.15) is 15.9 Å². The fraction of sp³-hybridized carbons (Fsp3) is 0.0455. The molecule has 3 aromatic carbocycles. The van der Waals surface area contributed by atoms with Crippen LogP contribution in [0.3, 0.4) is 0 Å². The van der Waals surface area contributed by atoms with E-state index in [0.717, 1.165) is 22.4 Å². The van der Waals surface area contributed by atoms with Crippen molar-refractivity contribution in [2.45, 2.75) is 6.61 Å². The molecule has 0 spiro atoms. The molecule has 0 radical (unpaired) electrons. The van der Waals surface area contributed by atoms with Crippen molar-refractivity contribution in [3.63, 3.8) is 0 Å². The Hall–Kier alpha value is -3.57. The van der Waals surface area contributed by atoms with Gasteiger partial charge in [0.2, 0.25) is 0 Å². The summed E-state index contributed by atoms with van der Waals surface area (Å²) in [6.45, 7) is -0.0306. The molecule has 0 amide bonds. The van der Waals surface area contributed by atoms with E-state index in [9.17, 15) is 15.0 Å². The molecule has 132 valence electrons. The van der Waals surface area contributed by atoms with Crippen LogP contribution < -0.4 is 0 Å². The molecule has 0 aliphatic heterocycles. The van der Waals surface area contributed by atoms with Gasteiger partial charge in [-0.05, 0) is 23.8 Å². The van der Waals surface area contributed by atoms with Gasteiger partial charge in [-0.25, -0.2) is 14.8 Å². The van der Waals surface area contributed by atoms with E-state index in [2.05, 4.69) is 0 Å². The smallest absolute Gasteiger partial charge is 0.335 e. The first-order chi connectivity index (χ1) is 13.2. The molecule has 0 fully saturated rings. The highest BCUT2D eigenvalue weighted by Crippen LogP contribution is 2.31. The molecule has 5 heteroatoms. The number of fused-ring (bicyclic) bond motifs is 1. The van der Waals surface area contributed by atoms with Gasteiger partial charge in [0.05, 0.1) is 34.6 Å². The summed E-state index contributed by atoms with van der Waals surface area (Å²) in [4.78, 5) is 20.8. The van der Waals surface area contributed by atoms with E-state index >= 15 is 0 Å². The maximum atomic E-state index is 11.3. The van der Waals surface area contributed by atoms with Gasteiger partial charge in [0.1, 0.15) is 0 Å². The van der Waals surface area contributed by atoms with Crippen LogP contribution >= 0.6 is 0 Å². The van der Waals surface area contributed by atoms with E-state index in [1.54, 1.807) is 6.07 Å². The van der Waals surface area contributed by atoms with Gasteiger partial charge in [0.15, 0.2) is 0 Å². The molecular weight excluding hydrogens is 340 g/mol. The van der Waals surface area contributed by atoms with Crippen LogP contribution in [-0.2, 0) is 6.61 Å². The van der Waals surface area contributed by atoms with E-state index in [1.807, 2.05) is 54.6 Å². The van der Waals surface area contributed by atoms with Crippen molar-refractivity contribution < 1.29 is 15.0 Å². The summed E-state index contributed by atoms with van der Waals surface area (Å²) in [6.07, 6.45) is 0. The van der Waals surface area contributed by atoms with Crippen molar-refractivity contribution in [3.05, 3.63) is 83.9 Å². The maximum Gasteiger partial charge on any atom is 0.335 e. The fourth-order valence-corrected chi connectivity index (χ4v) is 2.95. The SMILES string of the molecule is O=C(O)c1ccc2nc(-c3ccccc3)c(-c3ccc(CO)cc3)nc2c1. The molecule has 0 atom stereocenters. The molecule has 1 aromatic heterocycles. The highest BCUT2D eigenvalue weighted by atomic mass is 16.4. The van der Waals surface area contributed by atoms with E-state index < -0.39 is 5.97 Å². The Balaban J connectivity index is 1.97. The van der Waals surface area contributed by atoms with Crippen LogP contribution in [0.4, 0.5) is 0 Å². The topological polar surface area (TPSA) is 83.3 Å². The minimum Gasteiger partial charge on any atom is -0.478 e. The van der Waals surface area contributed by atoms with Gasteiger partial charge in [0, 0.05) is 11.1 Å². The third-order valence-electron chi connectivity index (χ3n) is 4.37. The van der Waals surface area contributed by atoms with E-state index in [1.165, 1.54) is 12.1 Å². The van der Waals surface area contributed by atoms with Crippen LogP contribution in [-0.4, -0.2) is 26.2 Å². The number of rotatable bonds is 4. The lowest BCUT2D eigenvalue weighted by molar-refractivity contribution is 0.0697. The van der Waals surface area contributed by atoms with Gasteiger partial charge in [-0.1, -0.05) is 54.6 Å². The van der Waals surface area contributed by atoms with Crippen LogP contribution in [0, 0.1) is 0 Å². The quantitative estimate of drug-likeness (QED) is 0.574. The molecule has 0 saturated carbocycles. The van der Waals surface area contributed by atoms with Gasteiger partial charge in [-0.15, -0.1) is 0 Å². The summed E-state index contributed by atoms with van der Waals surface area (Å²) in [6, 6.07) is 21.9. The first-order valence-electron chi connectivity index (χ1n) is 8.46. The number of aliphatic hydroxyl groups excluding tert-OH is 1. The molecular formula is C22H16N2O3. The monoisotopic (exact) mass is 356 g/mol. The number of hydrogen-bond acceptors (Lipinski definition) is 4. The number of aromatic nitrogens is 2. The Morgan fingerprint density at radius 1 is 0.778 bits per heavy atom. The first kappa shape index (κ1) is 16.9. The predicted molar refractivity (Wildman–Crippen MR) is 103 cm³/mol. The van der Waals surface area contributed by atoms with Crippen LogP contribution in [0.15, 0.2) is 72.8 Å². The number of carboxylic acid groups (broad SMARTS) is 1. The normalized spacial score (nSPS) is 10.9. The number of carboxylic acids is 1. The van der Waals surface area contributed by atoms with Crippen LogP contribution in [0.5, 0.6) is 0 Å². The zero-order chi connectivity index (χ0) is 18.8. The average Bonchev–Trinajstić information content (AvgIpc) is 2.73. The molecule has 5 nitrogen and oxygen atoms in total. The van der Waals surface area contributed by atoms with E-state index in [-0.39, 0.29) is 12.2 Å². The van der Waals surface area contributed by atoms with Crippen molar-refractivity contribution >= 4 is 17.0 Å². The molecule has 4 rings (SSSR count). The molecule has 0 unspecified atom stereocenters. The lowest BCUT2D eigenvalue weighted by Crippen LogP contribution is -1.99. The Kier molecular flexibility index (Phi) is 4.36. The van der Waals surface area contributed by atoms with Gasteiger partial charge in [0.25, 0.3) is 0 Å². The molecule has 0 saturated heterocycles. The number of benzene rings is 3. The van der Waals surface area contributed by atoms with Crippen molar-refractivity contribution in [1.29, 1.82) is 0 Å². The number of hydrogen-bond donors (Lipinski definition) is 2. The molecule has 0 aliphatic rings. The standard InChI is InChI=1S/C22H16N2O3/c25-13-14-6-8-16(9-7-14)21-20(15-4-2-1-3-5-15)23-18-11-10-17(22(26)27)12-19(18)24-21/h1-12,25H,13H2,(H,26,27). The van der Waals surface area contributed by atoms with Gasteiger partial charge < -0.3 is 10.2 Å². The summed E-state index contributed by atoms with van der Waals surface area (Å²) in [5.41, 5.74) is 5.30. The Morgan fingerprint density at radius 2 is 1.41 bits per heavy atom. The van der Waals surface area contributed by atoms with Gasteiger partial charge >= 0.3 is 5.97 Å². The van der Waals surface area contributed by atoms with Crippen molar-refractivity contribution in [1.82, 2.24) is 9.97 Å². The van der Waals surface area contributed by atoms with Crippen LogP contribution in [0.2, 0.25) is 0 Å². The molecule has 1 heterocycles. The number of aliphatic hydroxyl groups is 1. The van der Waals surface area contributed by atoms with Crippen molar-refractivity contribution in [3.8, 4) is 22.5 Å². The second-order valence-electron chi connectivity index (χ2n) is 6.15. The third-order valence-corrected chi connectivity index (χ3v) is 4.37. The summed E-state index contributed by atoms with van der Waals surface area (Å²) in [7, 11) is 0. The predicted octanol–water partition coefficient (Wildman–Crippen LogP) is 4.15. The third kappa shape index (κ3) is 3.28. The van der Waals surface area contributed by atoms with Gasteiger partial charge in [-0.2, -0.15) is 0 Å². The molecule has 2 N–H and O–H groups in total. The Labute approximate surface area is 155 Å².